The molecule has 0 aliphatic carbocycles. The SMILES string of the molecule is C=CCOC(=O)N[C@@H]1O[C@H](COC)[C@@H](OC)[C@H](OC)[C@@H]1OC. The number of hydrogen-bond donors (Lipinski definition) is 1. The fraction of sp³-hybridized carbons (Fsp3) is 0.786. The minimum absolute atomic E-state index is 0.103. The van der Waals surface area contributed by atoms with E-state index in [1.54, 1.807) is 21.3 Å². The van der Waals surface area contributed by atoms with Gasteiger partial charge in [-0.15, -0.1) is 0 Å². The average Bonchev–Trinajstić information content (AvgIpc) is 2.52. The van der Waals surface area contributed by atoms with Gasteiger partial charge in [-0.3, -0.25) is 5.32 Å². The molecule has 1 fully saturated rings. The number of carbonyl (C=O) groups is 1. The van der Waals surface area contributed by atoms with Crippen LogP contribution in [0.2, 0.25) is 0 Å². The van der Waals surface area contributed by atoms with E-state index in [1.165, 1.54) is 13.2 Å². The number of alkyl carbamates (subject to hydrolysis) is 1. The normalized spacial score (nSPS) is 31.5. The smallest absolute Gasteiger partial charge is 0.409 e. The van der Waals surface area contributed by atoms with Crippen molar-refractivity contribution in [2.45, 2.75) is 30.6 Å². The van der Waals surface area contributed by atoms with Gasteiger partial charge >= 0.3 is 6.09 Å². The molecule has 1 heterocycles. The van der Waals surface area contributed by atoms with E-state index in [0.29, 0.717) is 0 Å². The minimum atomic E-state index is -0.751. The van der Waals surface area contributed by atoms with Crippen LogP contribution in [-0.4, -0.2) is 78.4 Å². The lowest BCUT2D eigenvalue weighted by Crippen LogP contribution is -2.64. The van der Waals surface area contributed by atoms with Crippen LogP contribution in [0.3, 0.4) is 0 Å². The van der Waals surface area contributed by atoms with Gasteiger partial charge in [-0.05, 0) is 0 Å². The van der Waals surface area contributed by atoms with Gasteiger partial charge in [0.1, 0.15) is 31.0 Å². The summed E-state index contributed by atoms with van der Waals surface area (Å²) in [5, 5.41) is 2.60. The lowest BCUT2D eigenvalue weighted by atomic mass is 9.97. The summed E-state index contributed by atoms with van der Waals surface area (Å²) in [6, 6.07) is 0. The van der Waals surface area contributed by atoms with E-state index in [0.717, 1.165) is 0 Å². The summed E-state index contributed by atoms with van der Waals surface area (Å²) < 4.78 is 32.2. The molecule has 0 unspecified atom stereocenters. The first-order valence-electron chi connectivity index (χ1n) is 6.89. The van der Waals surface area contributed by atoms with E-state index in [9.17, 15) is 4.79 Å². The van der Waals surface area contributed by atoms with Crippen molar-refractivity contribution >= 4 is 6.09 Å². The highest BCUT2D eigenvalue weighted by Gasteiger charge is 2.47. The molecule has 0 spiro atoms. The number of nitrogens with one attached hydrogen (secondary N) is 1. The molecule has 0 aromatic carbocycles. The van der Waals surface area contributed by atoms with Crippen LogP contribution >= 0.6 is 0 Å². The standard InChI is InChI=1S/C14H25NO7/c1-6-7-21-14(16)15-13-12(20-5)11(19-4)10(18-3)9(22-13)8-17-2/h6,9-13H,1,7-8H2,2-5H3,(H,15,16)/t9-,10-,11+,12+,13-/m1/s1. The highest BCUT2D eigenvalue weighted by Crippen LogP contribution is 2.26. The van der Waals surface area contributed by atoms with Crippen molar-refractivity contribution in [3.8, 4) is 0 Å². The Hall–Kier alpha value is -1.19. The first-order valence-corrected chi connectivity index (χ1v) is 6.89. The summed E-state index contributed by atoms with van der Waals surface area (Å²) in [6.07, 6.45) is -1.71. The molecule has 8 heteroatoms. The van der Waals surface area contributed by atoms with E-state index < -0.39 is 36.7 Å². The number of amides is 1. The molecular formula is C14H25NO7. The Bertz CT molecular complexity index is 352. The van der Waals surface area contributed by atoms with Crippen LogP contribution in [0.25, 0.3) is 0 Å². The first kappa shape index (κ1) is 18.9. The molecule has 1 aliphatic rings. The molecule has 8 nitrogen and oxygen atoms in total. The summed E-state index contributed by atoms with van der Waals surface area (Å²) in [5.41, 5.74) is 0. The predicted molar refractivity (Wildman–Crippen MR) is 77.6 cm³/mol. The molecule has 1 amide bonds. The average molecular weight is 319 g/mol. The Morgan fingerprint density at radius 3 is 2.27 bits per heavy atom. The number of methoxy groups -OCH3 is 4. The maximum absolute atomic E-state index is 11.7. The molecule has 0 saturated carbocycles. The van der Waals surface area contributed by atoms with E-state index >= 15 is 0 Å². The van der Waals surface area contributed by atoms with E-state index in [4.69, 9.17) is 28.4 Å². The zero-order valence-corrected chi connectivity index (χ0v) is 13.4. The Kier molecular flexibility index (Phi) is 8.36. The largest absolute Gasteiger partial charge is 0.445 e. The molecule has 1 N–H and O–H groups in total. The van der Waals surface area contributed by atoms with Gasteiger partial charge in [-0.2, -0.15) is 0 Å². The molecule has 128 valence electrons. The van der Waals surface area contributed by atoms with Gasteiger partial charge < -0.3 is 28.4 Å². The summed E-state index contributed by atoms with van der Waals surface area (Å²) in [6.45, 7) is 3.87. The molecular weight excluding hydrogens is 294 g/mol. The van der Waals surface area contributed by atoms with Gasteiger partial charge in [-0.1, -0.05) is 12.7 Å². The molecule has 1 aliphatic heterocycles. The van der Waals surface area contributed by atoms with Gasteiger partial charge in [0.25, 0.3) is 0 Å². The maximum Gasteiger partial charge on any atom is 0.409 e. The van der Waals surface area contributed by atoms with Crippen molar-refractivity contribution < 1.29 is 33.2 Å². The summed E-state index contributed by atoms with van der Waals surface area (Å²) in [7, 11) is 6.17. The van der Waals surface area contributed by atoms with Gasteiger partial charge in [0.15, 0.2) is 6.23 Å². The number of carbonyl (C=O) groups excluding carboxylic acids is 1. The van der Waals surface area contributed by atoms with Gasteiger partial charge in [-0.25, -0.2) is 4.79 Å². The second-order valence-corrected chi connectivity index (χ2v) is 4.68. The monoisotopic (exact) mass is 319 g/mol. The lowest BCUT2D eigenvalue weighted by molar-refractivity contribution is -0.253. The van der Waals surface area contributed by atoms with Crippen LogP contribution in [0, 0.1) is 0 Å². The van der Waals surface area contributed by atoms with Crippen molar-refractivity contribution in [1.82, 2.24) is 5.32 Å². The highest BCUT2D eigenvalue weighted by atomic mass is 16.6. The predicted octanol–water partition coefficient (Wildman–Crippen LogP) is 0.315. The molecule has 0 radical (unpaired) electrons. The number of rotatable bonds is 8. The molecule has 1 saturated heterocycles. The third-order valence-corrected chi connectivity index (χ3v) is 3.37. The van der Waals surface area contributed by atoms with Crippen LogP contribution in [0.5, 0.6) is 0 Å². The lowest BCUT2D eigenvalue weighted by Gasteiger charge is -2.44. The number of ether oxygens (including phenoxy) is 6. The highest BCUT2D eigenvalue weighted by molar-refractivity contribution is 5.67. The fourth-order valence-electron chi connectivity index (χ4n) is 2.43. The second-order valence-electron chi connectivity index (χ2n) is 4.68. The Balaban J connectivity index is 2.84. The minimum Gasteiger partial charge on any atom is -0.445 e. The van der Waals surface area contributed by atoms with Gasteiger partial charge in [0, 0.05) is 28.4 Å². The van der Waals surface area contributed by atoms with Crippen LogP contribution < -0.4 is 5.32 Å². The maximum atomic E-state index is 11.7. The summed E-state index contributed by atoms with van der Waals surface area (Å²) >= 11 is 0. The molecule has 5 atom stereocenters. The Labute approximate surface area is 130 Å². The van der Waals surface area contributed by atoms with Crippen LogP contribution in [0.4, 0.5) is 4.79 Å². The van der Waals surface area contributed by atoms with Crippen molar-refractivity contribution in [3.05, 3.63) is 12.7 Å². The zero-order valence-electron chi connectivity index (χ0n) is 13.4. The third-order valence-electron chi connectivity index (χ3n) is 3.37. The molecule has 0 aromatic heterocycles. The topological polar surface area (TPSA) is 84.5 Å². The van der Waals surface area contributed by atoms with Gasteiger partial charge in [0.2, 0.25) is 0 Å². The van der Waals surface area contributed by atoms with E-state index in [-0.39, 0.29) is 13.2 Å². The van der Waals surface area contributed by atoms with Crippen LogP contribution in [-0.2, 0) is 28.4 Å². The molecule has 1 rings (SSSR count). The Morgan fingerprint density at radius 1 is 1.14 bits per heavy atom. The van der Waals surface area contributed by atoms with Crippen molar-refractivity contribution in [1.29, 1.82) is 0 Å². The van der Waals surface area contributed by atoms with Gasteiger partial charge in [0.05, 0.1) is 6.61 Å². The summed E-state index contributed by atoms with van der Waals surface area (Å²) in [5.74, 6) is 0. The van der Waals surface area contributed by atoms with Crippen molar-refractivity contribution in [2.75, 3.05) is 41.7 Å². The fourth-order valence-corrected chi connectivity index (χ4v) is 2.43. The molecule has 22 heavy (non-hydrogen) atoms. The van der Waals surface area contributed by atoms with Crippen LogP contribution in [0.1, 0.15) is 0 Å². The van der Waals surface area contributed by atoms with Crippen molar-refractivity contribution in [3.63, 3.8) is 0 Å². The first-order chi connectivity index (χ1) is 10.6. The Morgan fingerprint density at radius 2 is 1.77 bits per heavy atom. The van der Waals surface area contributed by atoms with E-state index in [1.807, 2.05) is 0 Å². The molecule has 0 bridgehead atoms. The van der Waals surface area contributed by atoms with E-state index in [2.05, 4.69) is 11.9 Å². The van der Waals surface area contributed by atoms with Crippen LogP contribution in [0.15, 0.2) is 12.7 Å². The molecule has 0 aromatic rings. The quantitative estimate of drug-likeness (QED) is 0.645. The zero-order chi connectivity index (χ0) is 16.5. The second kappa shape index (κ2) is 9.75. The number of hydrogen-bond acceptors (Lipinski definition) is 7. The third kappa shape index (κ3) is 4.65. The summed E-state index contributed by atoms with van der Waals surface area (Å²) in [4.78, 5) is 11.7. The van der Waals surface area contributed by atoms with Crippen molar-refractivity contribution in [2.24, 2.45) is 0 Å².